The van der Waals surface area contributed by atoms with Crippen LogP contribution in [-0.2, 0) is 11.3 Å². The number of carbonyl (C=O) groups is 1. The van der Waals surface area contributed by atoms with Crippen molar-refractivity contribution in [1.29, 1.82) is 0 Å². The van der Waals surface area contributed by atoms with E-state index in [9.17, 15) is 4.79 Å². The molecule has 1 aliphatic rings. The van der Waals surface area contributed by atoms with Gasteiger partial charge in [-0.05, 0) is 49.6 Å². The predicted octanol–water partition coefficient (Wildman–Crippen LogP) is 3.63. The molecule has 1 amide bonds. The Morgan fingerprint density at radius 1 is 1.12 bits per heavy atom. The van der Waals surface area contributed by atoms with Crippen LogP contribution >= 0.6 is 0 Å². The number of carbonyl (C=O) groups excluding carboxylic acids is 1. The van der Waals surface area contributed by atoms with Gasteiger partial charge in [-0.25, -0.2) is 0 Å². The van der Waals surface area contributed by atoms with Gasteiger partial charge in [0.05, 0.1) is 19.3 Å². The van der Waals surface area contributed by atoms with Crippen molar-refractivity contribution in [3.63, 3.8) is 0 Å². The van der Waals surface area contributed by atoms with Crippen LogP contribution in [0.15, 0.2) is 42.5 Å². The van der Waals surface area contributed by atoms with E-state index in [0.717, 1.165) is 32.8 Å². The second kappa shape index (κ2) is 8.47. The van der Waals surface area contributed by atoms with Crippen molar-refractivity contribution in [3.05, 3.63) is 70.3 Å². The van der Waals surface area contributed by atoms with E-state index in [1.54, 1.807) is 0 Å². The van der Waals surface area contributed by atoms with Gasteiger partial charge in [0.1, 0.15) is 0 Å². The molecule has 4 nitrogen and oxygen atoms in total. The van der Waals surface area contributed by atoms with Crippen molar-refractivity contribution in [2.24, 2.45) is 0 Å². The van der Waals surface area contributed by atoms with Gasteiger partial charge < -0.3 is 10.1 Å². The van der Waals surface area contributed by atoms with E-state index < -0.39 is 0 Å². The molecule has 0 saturated carbocycles. The molecule has 3 rings (SSSR count). The normalized spacial score (nSPS) is 16.3. The van der Waals surface area contributed by atoms with Crippen LogP contribution < -0.4 is 5.32 Å². The molecule has 1 saturated heterocycles. The van der Waals surface area contributed by atoms with Crippen LogP contribution in [-0.4, -0.2) is 37.1 Å². The molecule has 1 fully saturated rings. The number of benzene rings is 2. The number of aryl methyl sites for hydroxylation is 2. The standard InChI is InChI=1S/C22H28N2O2/c1-16-4-5-17(2)21(14-16)18(3)23-22(25)20-8-6-19(7-9-20)15-24-10-12-26-13-11-24/h4-9,14,18H,10-13,15H2,1-3H3,(H,23,25)/t18-/m0/s1. The quantitative estimate of drug-likeness (QED) is 0.893. The largest absolute Gasteiger partial charge is 0.379 e. The maximum absolute atomic E-state index is 12.6. The minimum absolute atomic E-state index is 0.0181. The van der Waals surface area contributed by atoms with Crippen LogP contribution in [0.4, 0.5) is 0 Å². The van der Waals surface area contributed by atoms with Crippen molar-refractivity contribution >= 4 is 5.91 Å². The molecule has 2 aromatic carbocycles. The van der Waals surface area contributed by atoms with Crippen LogP contribution in [0.2, 0.25) is 0 Å². The van der Waals surface area contributed by atoms with Crippen LogP contribution in [0, 0.1) is 13.8 Å². The van der Waals surface area contributed by atoms with Crippen LogP contribution in [0.3, 0.4) is 0 Å². The molecule has 26 heavy (non-hydrogen) atoms. The molecule has 4 heteroatoms. The highest BCUT2D eigenvalue weighted by Gasteiger charge is 2.14. The third-order valence-electron chi connectivity index (χ3n) is 4.97. The number of nitrogens with zero attached hydrogens (tertiary/aromatic N) is 1. The number of hydrogen-bond acceptors (Lipinski definition) is 3. The van der Waals surface area contributed by atoms with Gasteiger partial charge >= 0.3 is 0 Å². The molecular formula is C22H28N2O2. The Hall–Kier alpha value is -2.17. The van der Waals surface area contributed by atoms with E-state index in [0.29, 0.717) is 5.56 Å². The first-order valence-corrected chi connectivity index (χ1v) is 9.30. The summed E-state index contributed by atoms with van der Waals surface area (Å²) in [7, 11) is 0. The number of amides is 1. The van der Waals surface area contributed by atoms with Gasteiger partial charge in [0.25, 0.3) is 5.91 Å². The smallest absolute Gasteiger partial charge is 0.251 e. The SMILES string of the molecule is Cc1ccc(C)c([C@H](C)NC(=O)c2ccc(CN3CCOCC3)cc2)c1. The fraction of sp³-hybridized carbons (Fsp3) is 0.409. The van der Waals surface area contributed by atoms with Crippen molar-refractivity contribution in [2.45, 2.75) is 33.4 Å². The third-order valence-corrected chi connectivity index (χ3v) is 4.97. The maximum atomic E-state index is 12.6. The Morgan fingerprint density at radius 3 is 2.50 bits per heavy atom. The maximum Gasteiger partial charge on any atom is 0.251 e. The Labute approximate surface area is 156 Å². The first kappa shape index (κ1) is 18.6. The van der Waals surface area contributed by atoms with Gasteiger partial charge in [-0.3, -0.25) is 9.69 Å². The molecule has 0 radical (unpaired) electrons. The summed E-state index contributed by atoms with van der Waals surface area (Å²) in [5.41, 5.74) is 5.50. The second-order valence-electron chi connectivity index (χ2n) is 7.14. The summed E-state index contributed by atoms with van der Waals surface area (Å²) in [4.78, 5) is 15.0. The number of rotatable bonds is 5. The van der Waals surface area contributed by atoms with Gasteiger partial charge in [0.2, 0.25) is 0 Å². The fourth-order valence-electron chi connectivity index (χ4n) is 3.36. The van der Waals surface area contributed by atoms with E-state index >= 15 is 0 Å². The van der Waals surface area contributed by atoms with E-state index in [-0.39, 0.29) is 11.9 Å². The third kappa shape index (κ3) is 4.71. The summed E-state index contributed by atoms with van der Waals surface area (Å²) in [5, 5.41) is 3.12. The average Bonchev–Trinajstić information content (AvgIpc) is 2.65. The lowest BCUT2D eigenvalue weighted by atomic mass is 9.99. The molecule has 2 aromatic rings. The molecule has 1 atom stereocenters. The first-order chi connectivity index (χ1) is 12.5. The van der Waals surface area contributed by atoms with Gasteiger partial charge in [0.15, 0.2) is 0 Å². The monoisotopic (exact) mass is 352 g/mol. The lowest BCUT2D eigenvalue weighted by Gasteiger charge is -2.26. The molecule has 138 valence electrons. The molecule has 1 N–H and O–H groups in total. The van der Waals surface area contributed by atoms with E-state index in [1.165, 1.54) is 22.3 Å². The molecular weight excluding hydrogens is 324 g/mol. The van der Waals surface area contributed by atoms with Crippen LogP contribution in [0.5, 0.6) is 0 Å². The van der Waals surface area contributed by atoms with E-state index in [1.807, 2.05) is 31.2 Å². The zero-order valence-electron chi connectivity index (χ0n) is 15.9. The minimum Gasteiger partial charge on any atom is -0.379 e. The van der Waals surface area contributed by atoms with Gasteiger partial charge in [-0.15, -0.1) is 0 Å². The van der Waals surface area contributed by atoms with Crippen LogP contribution in [0.1, 0.15) is 45.6 Å². The zero-order valence-corrected chi connectivity index (χ0v) is 15.9. The summed E-state index contributed by atoms with van der Waals surface area (Å²) in [5.74, 6) is -0.0312. The van der Waals surface area contributed by atoms with Crippen LogP contribution in [0.25, 0.3) is 0 Å². The molecule has 1 heterocycles. The van der Waals surface area contributed by atoms with Gasteiger partial charge in [0, 0.05) is 25.2 Å². The predicted molar refractivity (Wildman–Crippen MR) is 104 cm³/mol. The molecule has 0 aliphatic carbocycles. The highest BCUT2D eigenvalue weighted by molar-refractivity contribution is 5.94. The van der Waals surface area contributed by atoms with Crippen molar-refractivity contribution in [2.75, 3.05) is 26.3 Å². The Kier molecular flexibility index (Phi) is 6.07. The van der Waals surface area contributed by atoms with E-state index in [4.69, 9.17) is 4.74 Å². The molecule has 0 aromatic heterocycles. The summed E-state index contributed by atoms with van der Waals surface area (Å²) in [6.45, 7) is 10.6. The minimum atomic E-state index is -0.0312. The first-order valence-electron chi connectivity index (χ1n) is 9.30. The molecule has 0 bridgehead atoms. The number of ether oxygens (including phenoxy) is 1. The highest BCUT2D eigenvalue weighted by atomic mass is 16.5. The lowest BCUT2D eigenvalue weighted by Crippen LogP contribution is -2.35. The zero-order chi connectivity index (χ0) is 18.5. The number of nitrogens with one attached hydrogen (secondary N) is 1. The number of morpholine rings is 1. The second-order valence-corrected chi connectivity index (χ2v) is 7.14. The Balaban J connectivity index is 1.61. The molecule has 0 spiro atoms. The summed E-state index contributed by atoms with van der Waals surface area (Å²) in [6.07, 6.45) is 0. The Morgan fingerprint density at radius 2 is 1.81 bits per heavy atom. The van der Waals surface area contributed by atoms with Gasteiger partial charge in [-0.1, -0.05) is 35.9 Å². The van der Waals surface area contributed by atoms with E-state index in [2.05, 4.69) is 42.3 Å². The van der Waals surface area contributed by atoms with Crippen molar-refractivity contribution in [1.82, 2.24) is 10.2 Å². The number of hydrogen-bond donors (Lipinski definition) is 1. The van der Waals surface area contributed by atoms with Gasteiger partial charge in [-0.2, -0.15) is 0 Å². The summed E-state index contributed by atoms with van der Waals surface area (Å²) < 4.78 is 5.38. The van der Waals surface area contributed by atoms with Crippen molar-refractivity contribution in [3.8, 4) is 0 Å². The molecule has 0 unspecified atom stereocenters. The van der Waals surface area contributed by atoms with Crippen molar-refractivity contribution < 1.29 is 9.53 Å². The lowest BCUT2D eigenvalue weighted by molar-refractivity contribution is 0.0342. The Bertz CT molecular complexity index is 749. The summed E-state index contributed by atoms with van der Waals surface area (Å²) >= 11 is 0. The highest BCUT2D eigenvalue weighted by Crippen LogP contribution is 2.19. The average molecular weight is 352 g/mol. The summed E-state index contributed by atoms with van der Waals surface area (Å²) in [6, 6.07) is 14.3. The molecule has 1 aliphatic heterocycles. The fourth-order valence-corrected chi connectivity index (χ4v) is 3.36. The topological polar surface area (TPSA) is 41.6 Å².